The number of benzene rings is 2. The summed E-state index contributed by atoms with van der Waals surface area (Å²) in [6.45, 7) is 6.08. The van der Waals surface area contributed by atoms with Gasteiger partial charge in [0.25, 0.3) is 5.56 Å². The monoisotopic (exact) mass is 498 g/mol. The Morgan fingerprint density at radius 2 is 1.94 bits per heavy atom. The minimum Gasteiger partial charge on any atom is -0.507 e. The molecule has 0 saturated carbocycles. The number of fused-ring (bicyclic) bond motifs is 1. The topological polar surface area (TPSA) is 90.1 Å². The third-order valence-electron chi connectivity index (χ3n) is 5.30. The number of halogens is 1. The first-order valence-corrected chi connectivity index (χ1v) is 11.9. The number of phenolic OH excluding ortho intramolecular Hbond substituents is 1. The number of phenols is 1. The van der Waals surface area contributed by atoms with Gasteiger partial charge in [0, 0.05) is 10.6 Å². The Bertz CT molecular complexity index is 1450. The summed E-state index contributed by atoms with van der Waals surface area (Å²) in [7, 11) is 0. The molecule has 1 N–H and O–H groups in total. The third kappa shape index (κ3) is 4.51. The molecule has 0 fully saturated rings. The molecular weight excluding hydrogens is 476 g/mol. The summed E-state index contributed by atoms with van der Waals surface area (Å²) in [4.78, 5) is 31.5. The number of aromatic nitrogens is 1. The van der Waals surface area contributed by atoms with Crippen LogP contribution in [0, 0.1) is 0 Å². The molecule has 0 radical (unpaired) electrons. The molecule has 0 amide bonds. The number of esters is 1. The summed E-state index contributed by atoms with van der Waals surface area (Å²) in [6.07, 6.45) is 1.57. The van der Waals surface area contributed by atoms with Crippen molar-refractivity contribution in [2.24, 2.45) is 4.99 Å². The molecule has 1 aliphatic heterocycles. The molecular formula is C25H23ClN2O5S. The van der Waals surface area contributed by atoms with E-state index < -0.39 is 12.0 Å². The molecule has 1 aromatic heterocycles. The molecule has 0 bridgehead atoms. The Morgan fingerprint density at radius 1 is 1.21 bits per heavy atom. The summed E-state index contributed by atoms with van der Waals surface area (Å²) in [5, 5.41) is 10.6. The number of thiazole rings is 1. The van der Waals surface area contributed by atoms with Crippen molar-refractivity contribution in [1.82, 2.24) is 4.57 Å². The molecule has 0 saturated heterocycles. The predicted octanol–water partition coefficient (Wildman–Crippen LogP) is 3.56. The maximum absolute atomic E-state index is 13.6. The van der Waals surface area contributed by atoms with Crippen molar-refractivity contribution in [3.8, 4) is 11.5 Å². The van der Waals surface area contributed by atoms with E-state index in [0.29, 0.717) is 43.5 Å². The number of carbonyl (C=O) groups excluding carboxylic acids is 1. The molecule has 0 aliphatic carbocycles. The molecule has 1 unspecified atom stereocenters. The lowest BCUT2D eigenvalue weighted by molar-refractivity contribution is -0.139. The molecule has 0 spiro atoms. The van der Waals surface area contributed by atoms with Crippen LogP contribution in [-0.2, 0) is 9.53 Å². The Labute approximate surface area is 204 Å². The van der Waals surface area contributed by atoms with E-state index in [9.17, 15) is 14.7 Å². The van der Waals surface area contributed by atoms with Gasteiger partial charge in [-0.3, -0.25) is 9.36 Å². The highest BCUT2D eigenvalue weighted by Crippen LogP contribution is 2.31. The fraction of sp³-hybridized carbons (Fsp3) is 0.240. The number of hydrogen-bond acceptors (Lipinski definition) is 7. The number of allylic oxidation sites excluding steroid dienone is 1. The lowest BCUT2D eigenvalue weighted by Gasteiger charge is -2.24. The zero-order chi connectivity index (χ0) is 24.4. The lowest BCUT2D eigenvalue weighted by atomic mass is 9.96. The zero-order valence-corrected chi connectivity index (χ0v) is 20.4. The van der Waals surface area contributed by atoms with Crippen LogP contribution in [-0.4, -0.2) is 28.9 Å². The van der Waals surface area contributed by atoms with Gasteiger partial charge in [-0.15, -0.1) is 0 Å². The van der Waals surface area contributed by atoms with E-state index in [-0.39, 0.29) is 17.9 Å². The van der Waals surface area contributed by atoms with Crippen LogP contribution < -0.4 is 19.6 Å². The van der Waals surface area contributed by atoms with Crippen molar-refractivity contribution in [3.05, 3.63) is 89.6 Å². The van der Waals surface area contributed by atoms with Gasteiger partial charge in [0.2, 0.25) is 0 Å². The third-order valence-corrected chi connectivity index (χ3v) is 6.52. The van der Waals surface area contributed by atoms with Crippen LogP contribution in [0.5, 0.6) is 11.5 Å². The van der Waals surface area contributed by atoms with Gasteiger partial charge in [-0.2, -0.15) is 0 Å². The molecule has 176 valence electrons. The van der Waals surface area contributed by atoms with Crippen LogP contribution in [0.4, 0.5) is 0 Å². The van der Waals surface area contributed by atoms with Gasteiger partial charge >= 0.3 is 5.97 Å². The van der Waals surface area contributed by atoms with Gasteiger partial charge in [-0.25, -0.2) is 9.79 Å². The molecule has 9 heteroatoms. The Balaban J connectivity index is 1.93. The van der Waals surface area contributed by atoms with Gasteiger partial charge in [0.15, 0.2) is 4.80 Å². The van der Waals surface area contributed by atoms with E-state index in [0.717, 1.165) is 5.56 Å². The molecule has 1 aliphatic rings. The summed E-state index contributed by atoms with van der Waals surface area (Å²) in [5.41, 5.74) is 1.58. The van der Waals surface area contributed by atoms with E-state index in [1.54, 1.807) is 44.2 Å². The van der Waals surface area contributed by atoms with Crippen LogP contribution in [0.15, 0.2) is 63.5 Å². The second-order valence-corrected chi connectivity index (χ2v) is 8.95. The summed E-state index contributed by atoms with van der Waals surface area (Å²) in [6, 6.07) is 11.2. The minimum absolute atomic E-state index is 0.00157. The van der Waals surface area contributed by atoms with Gasteiger partial charge in [0.1, 0.15) is 11.5 Å². The van der Waals surface area contributed by atoms with Crippen LogP contribution in [0.2, 0.25) is 5.02 Å². The van der Waals surface area contributed by atoms with Crippen molar-refractivity contribution >= 4 is 35.0 Å². The molecule has 2 heterocycles. The first kappa shape index (κ1) is 23.8. The highest BCUT2D eigenvalue weighted by atomic mass is 35.5. The number of ether oxygens (including phenoxy) is 2. The summed E-state index contributed by atoms with van der Waals surface area (Å²) in [5.74, 6) is 0.166. The van der Waals surface area contributed by atoms with E-state index in [1.165, 1.54) is 22.0 Å². The van der Waals surface area contributed by atoms with Crippen LogP contribution in [0.3, 0.4) is 0 Å². The van der Waals surface area contributed by atoms with Crippen molar-refractivity contribution < 1.29 is 19.4 Å². The summed E-state index contributed by atoms with van der Waals surface area (Å²) >= 11 is 7.24. The van der Waals surface area contributed by atoms with Crippen molar-refractivity contribution in [2.75, 3.05) is 13.2 Å². The second-order valence-electron chi connectivity index (χ2n) is 7.51. The quantitative estimate of drug-likeness (QED) is 0.525. The Morgan fingerprint density at radius 3 is 2.62 bits per heavy atom. The molecule has 34 heavy (non-hydrogen) atoms. The first-order chi connectivity index (χ1) is 16.3. The van der Waals surface area contributed by atoms with Gasteiger partial charge in [-0.1, -0.05) is 35.1 Å². The Kier molecular flexibility index (Phi) is 6.90. The molecule has 4 rings (SSSR count). The van der Waals surface area contributed by atoms with Crippen LogP contribution >= 0.6 is 22.9 Å². The molecule has 2 aromatic carbocycles. The van der Waals surface area contributed by atoms with Gasteiger partial charge in [-0.05, 0) is 62.7 Å². The van der Waals surface area contributed by atoms with Gasteiger partial charge in [0.05, 0.1) is 35.1 Å². The summed E-state index contributed by atoms with van der Waals surface area (Å²) < 4.78 is 12.7. The van der Waals surface area contributed by atoms with E-state index in [1.807, 2.05) is 19.1 Å². The van der Waals surface area contributed by atoms with Gasteiger partial charge < -0.3 is 14.6 Å². The largest absolute Gasteiger partial charge is 0.507 e. The maximum atomic E-state index is 13.6. The number of nitrogens with zero attached hydrogens (tertiary/aromatic N) is 2. The van der Waals surface area contributed by atoms with Crippen LogP contribution in [0.25, 0.3) is 6.08 Å². The number of aromatic hydroxyl groups is 1. The maximum Gasteiger partial charge on any atom is 0.338 e. The number of hydrogen-bond donors (Lipinski definition) is 1. The van der Waals surface area contributed by atoms with E-state index in [2.05, 4.69) is 4.99 Å². The average Bonchev–Trinajstić information content (AvgIpc) is 3.11. The van der Waals surface area contributed by atoms with Crippen molar-refractivity contribution in [3.63, 3.8) is 0 Å². The molecule has 7 nitrogen and oxygen atoms in total. The first-order valence-electron chi connectivity index (χ1n) is 10.7. The predicted molar refractivity (Wildman–Crippen MR) is 131 cm³/mol. The fourth-order valence-electron chi connectivity index (χ4n) is 3.80. The van der Waals surface area contributed by atoms with E-state index in [4.69, 9.17) is 21.1 Å². The molecule has 1 atom stereocenters. The highest BCUT2D eigenvalue weighted by molar-refractivity contribution is 7.07. The number of carbonyl (C=O) groups is 1. The smallest absolute Gasteiger partial charge is 0.338 e. The standard InChI is InChI=1S/C25H23ClN2O5S/c1-4-32-18-9-6-15(7-10-18)22-21(24(31)33-5-2)14(3)27-25-28(22)23(30)20(34-25)13-16-12-17(26)8-11-19(16)29/h6-13,22,29H,4-5H2,1-3H3. The minimum atomic E-state index is -0.721. The van der Waals surface area contributed by atoms with Crippen molar-refractivity contribution in [1.29, 1.82) is 0 Å². The highest BCUT2D eigenvalue weighted by Gasteiger charge is 2.33. The lowest BCUT2D eigenvalue weighted by Crippen LogP contribution is -2.39. The van der Waals surface area contributed by atoms with E-state index >= 15 is 0 Å². The average molecular weight is 499 g/mol. The zero-order valence-electron chi connectivity index (χ0n) is 18.9. The SMILES string of the molecule is CCOC(=O)C1=C(C)N=c2sc(=Cc3cc(Cl)ccc3O)c(=O)n2C1c1ccc(OCC)cc1. The normalized spacial score (nSPS) is 15.6. The number of rotatable bonds is 6. The fourth-order valence-corrected chi connectivity index (χ4v) is 5.02. The second kappa shape index (κ2) is 9.87. The molecule has 3 aromatic rings. The van der Waals surface area contributed by atoms with Crippen molar-refractivity contribution in [2.45, 2.75) is 26.8 Å². The van der Waals surface area contributed by atoms with Crippen LogP contribution in [0.1, 0.15) is 37.9 Å². The Hall–Kier alpha value is -3.36.